The molecule has 2 N–H and O–H groups in total. The van der Waals surface area contributed by atoms with Crippen LogP contribution in [-0.4, -0.2) is 58.9 Å². The first kappa shape index (κ1) is 44.7. The summed E-state index contributed by atoms with van der Waals surface area (Å²) in [6.07, 6.45) is 15.6. The van der Waals surface area contributed by atoms with Gasteiger partial charge in [-0.1, -0.05) is 55.1 Å². The zero-order chi connectivity index (χ0) is 42.1. The van der Waals surface area contributed by atoms with Crippen molar-refractivity contribution in [3.8, 4) is 0 Å². The Balaban J connectivity index is 0.000000180. The van der Waals surface area contributed by atoms with Crippen molar-refractivity contribution in [1.29, 1.82) is 0 Å². The molecule has 5 aliphatic rings. The summed E-state index contributed by atoms with van der Waals surface area (Å²) in [4.78, 5) is 36.6. The van der Waals surface area contributed by atoms with E-state index in [2.05, 4.69) is 104 Å². The number of pyridine rings is 2. The first-order chi connectivity index (χ1) is 28.9. The third kappa shape index (κ3) is 10.1. The third-order valence-corrected chi connectivity index (χ3v) is 16.1. The Hall–Kier alpha value is -1.86. The summed E-state index contributed by atoms with van der Waals surface area (Å²) in [5, 5.41) is 8.07. The zero-order valence-corrected chi connectivity index (χ0v) is 41.7. The Morgan fingerprint density at radius 1 is 0.650 bits per heavy atom. The normalized spacial score (nSPS) is 23.1. The van der Waals surface area contributed by atoms with Crippen molar-refractivity contribution in [1.82, 2.24) is 25.5 Å². The molecule has 2 atom stereocenters. The first-order valence-electron chi connectivity index (χ1n) is 21.4. The molecule has 3 aliphatic carbocycles. The Kier molecular flexibility index (Phi) is 14.8. The Morgan fingerprint density at radius 3 is 1.60 bits per heavy atom. The number of nitrogens with one attached hydrogen (secondary N) is 2. The maximum atomic E-state index is 13.3. The Labute approximate surface area is 397 Å². The lowest BCUT2D eigenvalue weighted by atomic mass is 9.76. The van der Waals surface area contributed by atoms with E-state index >= 15 is 0 Å². The van der Waals surface area contributed by atoms with Gasteiger partial charge in [-0.2, -0.15) is 0 Å². The standard InChI is InChI=1S/C28H32Br2ClN3O2.C19H19Br2ClN2/c1-16(35)33-23-6-4-18(5-7-23)28(36)34-10-8-17(9-11-34)26-25-19(13-22(31)14-24(25)30)2-3-20-12-21(29)15-32-27(20)26;20-14-7-13-2-1-12-8-15(22)9-16(21)17(12)18(19(13)24-10-14)11-3-5-23-6-4-11/h12-15,17-18,23,26H,2-11H2,1H3,(H,33,35);7-11,18,23H,1-6H2/t18?,23?,26-;18-/m11/s1. The zero-order valence-electron chi connectivity index (χ0n) is 33.8. The van der Waals surface area contributed by atoms with Gasteiger partial charge in [0.1, 0.15) is 0 Å². The van der Waals surface area contributed by atoms with Crippen LogP contribution in [0.5, 0.6) is 0 Å². The van der Waals surface area contributed by atoms with Crippen LogP contribution < -0.4 is 10.6 Å². The molecule has 0 radical (unpaired) electrons. The fourth-order valence-electron chi connectivity index (χ4n) is 10.7. The lowest BCUT2D eigenvalue weighted by Gasteiger charge is -2.39. The lowest BCUT2D eigenvalue weighted by molar-refractivity contribution is -0.138. The molecule has 3 fully saturated rings. The van der Waals surface area contributed by atoms with Crippen LogP contribution in [0.3, 0.4) is 0 Å². The molecule has 13 heteroatoms. The van der Waals surface area contributed by atoms with Crippen molar-refractivity contribution in [3.05, 3.63) is 121 Å². The average molecular weight is 1110 g/mol. The minimum absolute atomic E-state index is 0.0178. The summed E-state index contributed by atoms with van der Waals surface area (Å²) in [6.45, 7) is 5.32. The van der Waals surface area contributed by atoms with Gasteiger partial charge in [0.25, 0.3) is 0 Å². The summed E-state index contributed by atoms with van der Waals surface area (Å²) in [7, 11) is 0. The number of nitrogens with zero attached hydrogens (tertiary/aromatic N) is 3. The number of piperidine rings is 2. The molecule has 7 nitrogen and oxygen atoms in total. The number of aryl methyl sites for hydroxylation is 4. The smallest absolute Gasteiger partial charge is 0.225 e. The van der Waals surface area contributed by atoms with E-state index in [1.54, 1.807) is 6.92 Å². The second-order valence-corrected chi connectivity index (χ2v) is 21.7. The minimum Gasteiger partial charge on any atom is -0.354 e. The predicted octanol–water partition coefficient (Wildman–Crippen LogP) is 11.9. The van der Waals surface area contributed by atoms with E-state index < -0.39 is 0 Å². The van der Waals surface area contributed by atoms with E-state index in [0.717, 1.165) is 118 Å². The number of hydrogen-bond donors (Lipinski definition) is 2. The molecule has 2 saturated heterocycles. The van der Waals surface area contributed by atoms with Crippen molar-refractivity contribution in [2.45, 2.75) is 102 Å². The number of benzene rings is 2. The predicted molar refractivity (Wildman–Crippen MR) is 255 cm³/mol. The van der Waals surface area contributed by atoms with Crippen LogP contribution in [0.25, 0.3) is 0 Å². The third-order valence-electron chi connectivity index (χ3n) is 13.5. The highest BCUT2D eigenvalue weighted by Crippen LogP contribution is 2.48. The molecule has 2 aliphatic heterocycles. The van der Waals surface area contributed by atoms with Crippen molar-refractivity contribution < 1.29 is 9.59 Å². The van der Waals surface area contributed by atoms with E-state index in [4.69, 9.17) is 33.2 Å². The molecule has 2 aromatic heterocycles. The molecule has 2 aromatic carbocycles. The van der Waals surface area contributed by atoms with Gasteiger partial charge in [0.05, 0.1) is 11.4 Å². The van der Waals surface area contributed by atoms with E-state index in [9.17, 15) is 9.59 Å². The summed E-state index contributed by atoms with van der Waals surface area (Å²) >= 11 is 27.6. The van der Waals surface area contributed by atoms with Crippen LogP contribution >= 0.6 is 86.9 Å². The monoisotopic (exact) mass is 1100 g/mol. The van der Waals surface area contributed by atoms with Gasteiger partial charge in [0, 0.05) is 84.1 Å². The van der Waals surface area contributed by atoms with Crippen LogP contribution in [0.15, 0.2) is 66.7 Å². The van der Waals surface area contributed by atoms with Gasteiger partial charge >= 0.3 is 0 Å². The van der Waals surface area contributed by atoms with Crippen molar-refractivity contribution in [3.63, 3.8) is 0 Å². The molecular formula is C47H51Br4Cl2N5O2. The molecule has 318 valence electrons. The number of amides is 2. The number of aromatic nitrogens is 2. The maximum Gasteiger partial charge on any atom is 0.225 e. The topological polar surface area (TPSA) is 87.2 Å². The Bertz CT molecular complexity index is 2240. The molecule has 1 saturated carbocycles. The van der Waals surface area contributed by atoms with Crippen LogP contribution in [0.1, 0.15) is 115 Å². The number of likely N-dealkylation sites (tertiary alicyclic amines) is 1. The molecule has 0 spiro atoms. The van der Waals surface area contributed by atoms with Gasteiger partial charge in [-0.15, -0.1) is 0 Å². The van der Waals surface area contributed by atoms with Crippen molar-refractivity contribution in [2.75, 3.05) is 26.2 Å². The van der Waals surface area contributed by atoms with Crippen molar-refractivity contribution in [2.24, 2.45) is 17.8 Å². The highest BCUT2D eigenvalue weighted by Gasteiger charge is 2.38. The number of rotatable bonds is 4. The summed E-state index contributed by atoms with van der Waals surface area (Å²) in [5.74, 6) is 1.96. The van der Waals surface area contributed by atoms with E-state index in [-0.39, 0.29) is 23.8 Å². The van der Waals surface area contributed by atoms with E-state index in [1.807, 2.05) is 24.5 Å². The SMILES string of the molecule is CC(=O)NC1CCC(C(=O)N2CCC([C@H]3c4ncc(Br)cc4CCc4cc(Cl)cc(Br)c43)CC2)CC1.Clc1cc(Br)c2c(c1)CCc1cc(Br)cnc1[C@@H]2C1CCNCC1. The van der Waals surface area contributed by atoms with Gasteiger partial charge in [-0.25, -0.2) is 0 Å². The fraction of sp³-hybridized carbons (Fsp3) is 0.489. The largest absolute Gasteiger partial charge is 0.354 e. The van der Waals surface area contributed by atoms with Gasteiger partial charge < -0.3 is 15.5 Å². The summed E-state index contributed by atoms with van der Waals surface area (Å²) in [6, 6.07) is 13.0. The lowest BCUT2D eigenvalue weighted by Crippen LogP contribution is -2.45. The van der Waals surface area contributed by atoms with Crippen LogP contribution in [-0.2, 0) is 35.3 Å². The number of hydrogen-bond acceptors (Lipinski definition) is 5. The Morgan fingerprint density at radius 2 is 1.12 bits per heavy atom. The van der Waals surface area contributed by atoms with Crippen LogP contribution in [0, 0.1) is 17.8 Å². The second kappa shape index (κ2) is 19.9. The number of carbonyl (C=O) groups is 2. The van der Waals surface area contributed by atoms with Gasteiger partial charge in [-0.3, -0.25) is 19.6 Å². The molecule has 60 heavy (non-hydrogen) atoms. The van der Waals surface area contributed by atoms with E-state index in [0.29, 0.717) is 23.7 Å². The molecule has 9 rings (SSSR count). The highest BCUT2D eigenvalue weighted by molar-refractivity contribution is 9.11. The van der Waals surface area contributed by atoms with E-state index in [1.165, 1.54) is 57.6 Å². The molecular weight excluding hydrogens is 1060 g/mol. The first-order valence-corrected chi connectivity index (χ1v) is 25.4. The fourth-order valence-corrected chi connectivity index (χ4v) is 13.7. The summed E-state index contributed by atoms with van der Waals surface area (Å²) < 4.78 is 4.26. The second-order valence-electron chi connectivity index (χ2n) is 17.3. The molecule has 0 bridgehead atoms. The molecule has 0 unspecified atom stereocenters. The highest BCUT2D eigenvalue weighted by atomic mass is 79.9. The molecule has 4 aromatic rings. The quantitative estimate of drug-likeness (QED) is 0.213. The van der Waals surface area contributed by atoms with Gasteiger partial charge in [0.2, 0.25) is 11.8 Å². The van der Waals surface area contributed by atoms with Crippen LogP contribution in [0.2, 0.25) is 10.0 Å². The maximum absolute atomic E-state index is 13.3. The average Bonchev–Trinajstić information content (AvgIpc) is 3.49. The van der Waals surface area contributed by atoms with Gasteiger partial charge in [-0.05, 0) is 204 Å². The van der Waals surface area contributed by atoms with Gasteiger partial charge in [0.15, 0.2) is 0 Å². The number of halogens is 6. The van der Waals surface area contributed by atoms with Crippen LogP contribution in [0.4, 0.5) is 0 Å². The number of carbonyl (C=O) groups excluding carboxylic acids is 2. The molecule has 2 amide bonds. The van der Waals surface area contributed by atoms with Crippen molar-refractivity contribution >= 4 is 98.7 Å². The number of fused-ring (bicyclic) bond motifs is 4. The minimum atomic E-state index is 0.0178. The molecule has 4 heterocycles. The summed E-state index contributed by atoms with van der Waals surface area (Å²) in [5.41, 5.74) is 10.5.